The van der Waals surface area contributed by atoms with E-state index < -0.39 is 6.10 Å². The van der Waals surface area contributed by atoms with Gasteiger partial charge in [-0.25, -0.2) is 0 Å². The topological polar surface area (TPSA) is 107 Å². The molecule has 1 aliphatic heterocycles. The van der Waals surface area contributed by atoms with E-state index in [9.17, 15) is 25.2 Å². The first kappa shape index (κ1) is 22.3. The van der Waals surface area contributed by atoms with Gasteiger partial charge < -0.3 is 25.2 Å². The Hall–Kier alpha value is -3.41. The molecule has 2 aromatic rings. The third kappa shape index (κ3) is 4.68. The lowest BCUT2D eigenvalue weighted by atomic mass is 9.86. The van der Waals surface area contributed by atoms with Crippen LogP contribution in [0.4, 0.5) is 0 Å². The molecule has 6 nitrogen and oxygen atoms in total. The minimum absolute atomic E-state index is 0.00408. The summed E-state index contributed by atoms with van der Waals surface area (Å²) in [6, 6.07) is 5.23. The molecule has 6 heteroatoms. The van der Waals surface area contributed by atoms with E-state index in [1.165, 1.54) is 24.3 Å². The highest BCUT2D eigenvalue weighted by molar-refractivity contribution is 6.03. The summed E-state index contributed by atoms with van der Waals surface area (Å²) < 4.78 is 6.08. The van der Waals surface area contributed by atoms with E-state index in [-0.39, 0.29) is 52.4 Å². The van der Waals surface area contributed by atoms with Gasteiger partial charge in [0.25, 0.3) is 0 Å². The second-order valence-corrected chi connectivity index (χ2v) is 8.34. The summed E-state index contributed by atoms with van der Waals surface area (Å²) in [4.78, 5) is 12.9. The second kappa shape index (κ2) is 8.76. The molecule has 0 fully saturated rings. The highest BCUT2D eigenvalue weighted by atomic mass is 16.5. The van der Waals surface area contributed by atoms with Gasteiger partial charge in [-0.05, 0) is 51.7 Å². The van der Waals surface area contributed by atoms with E-state index in [0.29, 0.717) is 24.0 Å². The molecule has 31 heavy (non-hydrogen) atoms. The van der Waals surface area contributed by atoms with Crippen LogP contribution >= 0.6 is 0 Å². The number of ether oxygens (including phenoxy) is 1. The third-order valence-corrected chi connectivity index (χ3v) is 5.57. The average molecular weight is 424 g/mol. The molecule has 0 unspecified atom stereocenters. The van der Waals surface area contributed by atoms with E-state index in [4.69, 9.17) is 4.74 Å². The fraction of sp³-hybridized carbons (Fsp3) is 0.320. The van der Waals surface area contributed by atoms with Gasteiger partial charge in [0.15, 0.2) is 5.78 Å². The standard InChI is InChI=1S/C25H28O6/c1-13(2)5-6-15(14(3)4)9-18-20(28)11-21(29)24-22(30)12-23(31-25(18)24)17-8-7-16(26)10-19(17)27/h5,7-8,10-11,15,23,26-29H,3,6,9,12H2,1-2,4H3/t15-,23+/m0/s1. The molecule has 0 aliphatic carbocycles. The van der Waals surface area contributed by atoms with Crippen molar-refractivity contribution >= 4 is 5.78 Å². The maximum Gasteiger partial charge on any atom is 0.174 e. The summed E-state index contributed by atoms with van der Waals surface area (Å²) in [7, 11) is 0. The van der Waals surface area contributed by atoms with Crippen LogP contribution in [0.3, 0.4) is 0 Å². The number of benzene rings is 2. The Kier molecular flexibility index (Phi) is 6.29. The maximum atomic E-state index is 12.9. The number of phenols is 4. The van der Waals surface area contributed by atoms with Gasteiger partial charge in [-0.15, -0.1) is 0 Å². The van der Waals surface area contributed by atoms with Crippen LogP contribution in [0.2, 0.25) is 0 Å². The maximum absolute atomic E-state index is 12.9. The lowest BCUT2D eigenvalue weighted by molar-refractivity contribution is 0.0839. The number of fused-ring (bicyclic) bond motifs is 1. The number of Topliss-reactive ketones (excluding diaryl/α,β-unsaturated/α-hetero) is 1. The van der Waals surface area contributed by atoms with Crippen LogP contribution in [0.5, 0.6) is 28.7 Å². The first-order chi connectivity index (χ1) is 14.6. The Morgan fingerprint density at radius 3 is 2.45 bits per heavy atom. The molecular weight excluding hydrogens is 396 g/mol. The Morgan fingerprint density at radius 2 is 1.84 bits per heavy atom. The molecule has 2 atom stereocenters. The third-order valence-electron chi connectivity index (χ3n) is 5.57. The van der Waals surface area contributed by atoms with E-state index in [1.54, 1.807) is 0 Å². The van der Waals surface area contributed by atoms with Crippen molar-refractivity contribution in [2.75, 3.05) is 0 Å². The molecule has 0 amide bonds. The molecule has 0 bridgehead atoms. The molecule has 0 spiro atoms. The number of carbonyl (C=O) groups is 1. The molecular formula is C25H28O6. The number of ketones is 1. The quantitative estimate of drug-likeness (QED) is 0.468. The number of phenolic OH excluding ortho intramolecular Hbond substituents is 4. The van der Waals surface area contributed by atoms with E-state index >= 15 is 0 Å². The zero-order valence-corrected chi connectivity index (χ0v) is 18.0. The highest BCUT2D eigenvalue weighted by Gasteiger charge is 2.35. The van der Waals surface area contributed by atoms with Crippen LogP contribution in [0.25, 0.3) is 0 Å². The Bertz CT molecular complexity index is 1060. The summed E-state index contributed by atoms with van der Waals surface area (Å²) in [5, 5.41) is 40.7. The van der Waals surface area contributed by atoms with Crippen LogP contribution in [0.1, 0.15) is 61.2 Å². The zero-order valence-electron chi connectivity index (χ0n) is 18.0. The van der Waals surface area contributed by atoms with Crippen molar-refractivity contribution in [3.05, 3.63) is 64.8 Å². The molecule has 1 aliphatic rings. The number of allylic oxidation sites excluding steroid dienone is 3. The van der Waals surface area contributed by atoms with Crippen LogP contribution in [0, 0.1) is 5.92 Å². The molecule has 0 aromatic heterocycles. The molecule has 0 saturated heterocycles. The fourth-order valence-electron chi connectivity index (χ4n) is 3.78. The number of rotatable bonds is 6. The summed E-state index contributed by atoms with van der Waals surface area (Å²) in [6.07, 6.45) is 2.26. The molecule has 2 aromatic carbocycles. The largest absolute Gasteiger partial charge is 0.508 e. The number of hydrogen-bond acceptors (Lipinski definition) is 6. The first-order valence-electron chi connectivity index (χ1n) is 10.2. The monoisotopic (exact) mass is 424 g/mol. The zero-order chi connectivity index (χ0) is 22.9. The Morgan fingerprint density at radius 1 is 1.13 bits per heavy atom. The number of carbonyl (C=O) groups excluding carboxylic acids is 1. The minimum atomic E-state index is -0.818. The minimum Gasteiger partial charge on any atom is -0.508 e. The van der Waals surface area contributed by atoms with Crippen molar-refractivity contribution in [2.45, 2.75) is 46.1 Å². The van der Waals surface area contributed by atoms with Gasteiger partial charge in [0, 0.05) is 23.3 Å². The number of aromatic hydroxyl groups is 4. The van der Waals surface area contributed by atoms with Crippen molar-refractivity contribution in [3.8, 4) is 28.7 Å². The van der Waals surface area contributed by atoms with Crippen molar-refractivity contribution < 1.29 is 30.0 Å². The molecule has 1 heterocycles. The predicted molar refractivity (Wildman–Crippen MR) is 118 cm³/mol. The lowest BCUT2D eigenvalue weighted by Gasteiger charge is -2.29. The summed E-state index contributed by atoms with van der Waals surface area (Å²) in [6.45, 7) is 9.99. The van der Waals surface area contributed by atoms with Gasteiger partial charge in [-0.2, -0.15) is 0 Å². The molecule has 0 radical (unpaired) electrons. The molecule has 164 valence electrons. The fourth-order valence-corrected chi connectivity index (χ4v) is 3.78. The van der Waals surface area contributed by atoms with Crippen molar-refractivity contribution in [1.29, 1.82) is 0 Å². The summed E-state index contributed by atoms with van der Waals surface area (Å²) in [5.74, 6) is -1.05. The van der Waals surface area contributed by atoms with Crippen LogP contribution < -0.4 is 4.74 Å². The average Bonchev–Trinajstić information content (AvgIpc) is 2.66. The van der Waals surface area contributed by atoms with Gasteiger partial charge in [0.2, 0.25) is 0 Å². The smallest absolute Gasteiger partial charge is 0.174 e. The normalized spacial score (nSPS) is 16.2. The summed E-state index contributed by atoms with van der Waals surface area (Å²) >= 11 is 0. The van der Waals surface area contributed by atoms with E-state index in [1.807, 2.05) is 20.8 Å². The van der Waals surface area contributed by atoms with Crippen molar-refractivity contribution in [2.24, 2.45) is 5.92 Å². The van der Waals surface area contributed by atoms with E-state index in [2.05, 4.69) is 12.7 Å². The van der Waals surface area contributed by atoms with Crippen LogP contribution in [0.15, 0.2) is 48.1 Å². The van der Waals surface area contributed by atoms with Gasteiger partial charge >= 0.3 is 0 Å². The van der Waals surface area contributed by atoms with Crippen LogP contribution in [-0.4, -0.2) is 26.2 Å². The van der Waals surface area contributed by atoms with E-state index in [0.717, 1.165) is 11.1 Å². The highest BCUT2D eigenvalue weighted by Crippen LogP contribution is 2.47. The van der Waals surface area contributed by atoms with Crippen molar-refractivity contribution in [3.63, 3.8) is 0 Å². The van der Waals surface area contributed by atoms with Crippen molar-refractivity contribution in [1.82, 2.24) is 0 Å². The molecule has 3 rings (SSSR count). The van der Waals surface area contributed by atoms with Gasteiger partial charge in [-0.3, -0.25) is 4.79 Å². The molecule has 4 N–H and O–H groups in total. The van der Waals surface area contributed by atoms with Gasteiger partial charge in [0.05, 0.1) is 6.42 Å². The Labute approximate surface area is 181 Å². The first-order valence-corrected chi connectivity index (χ1v) is 10.2. The number of hydrogen-bond donors (Lipinski definition) is 4. The lowest BCUT2D eigenvalue weighted by Crippen LogP contribution is -2.22. The predicted octanol–water partition coefficient (Wildman–Crippen LogP) is 5.31. The second-order valence-electron chi connectivity index (χ2n) is 8.34. The Balaban J connectivity index is 2.06. The molecule has 0 saturated carbocycles. The van der Waals surface area contributed by atoms with Gasteiger partial charge in [0.1, 0.15) is 40.4 Å². The van der Waals surface area contributed by atoms with Gasteiger partial charge in [-0.1, -0.05) is 23.8 Å². The SMILES string of the molecule is C=C(C)[C@@H](CC=C(C)C)Cc1c(O)cc(O)c2c1O[C@@H](c1ccc(O)cc1O)CC2=O. The van der Waals surface area contributed by atoms with Crippen LogP contribution in [-0.2, 0) is 6.42 Å². The summed E-state index contributed by atoms with van der Waals surface area (Å²) in [5.41, 5.74) is 2.88.